The van der Waals surface area contributed by atoms with Crippen molar-refractivity contribution in [2.75, 3.05) is 7.11 Å². The summed E-state index contributed by atoms with van der Waals surface area (Å²) in [6.07, 6.45) is 0. The Morgan fingerprint density at radius 3 is 2.09 bits per heavy atom. The zero-order valence-corrected chi connectivity index (χ0v) is 13.9. The minimum Gasteiger partial charge on any atom is -0.497 e. The molecule has 2 rings (SSSR count). The normalized spacial score (nSPS) is 11.9. The van der Waals surface area contributed by atoms with Crippen LogP contribution in [0.1, 0.15) is 19.4 Å². The van der Waals surface area contributed by atoms with Crippen molar-refractivity contribution in [2.45, 2.75) is 31.3 Å². The molecule has 5 heteroatoms. The number of hydrogen-bond donors (Lipinski definition) is 0. The number of hydrogen-bond acceptors (Lipinski definition) is 3. The monoisotopic (exact) mass is 319 g/mol. The van der Waals surface area contributed by atoms with E-state index in [-0.39, 0.29) is 10.9 Å². The Hall–Kier alpha value is -1.85. The molecule has 0 saturated carbocycles. The van der Waals surface area contributed by atoms with E-state index in [9.17, 15) is 8.42 Å². The van der Waals surface area contributed by atoms with Crippen LogP contribution in [0.5, 0.6) is 5.75 Å². The molecule has 0 aliphatic heterocycles. The summed E-state index contributed by atoms with van der Waals surface area (Å²) in [5, 5.41) is 0. The molecule has 0 aromatic heterocycles. The van der Waals surface area contributed by atoms with Crippen LogP contribution in [0.4, 0.5) is 0 Å². The van der Waals surface area contributed by atoms with E-state index < -0.39 is 10.0 Å². The Labute approximate surface area is 132 Å². The van der Waals surface area contributed by atoms with Gasteiger partial charge in [0.05, 0.1) is 12.0 Å². The molecule has 0 amide bonds. The van der Waals surface area contributed by atoms with Crippen LogP contribution in [-0.4, -0.2) is 25.9 Å². The molecule has 0 bridgehead atoms. The highest BCUT2D eigenvalue weighted by Gasteiger charge is 2.27. The van der Waals surface area contributed by atoms with Gasteiger partial charge in [0.15, 0.2) is 0 Å². The van der Waals surface area contributed by atoms with Crippen molar-refractivity contribution < 1.29 is 13.2 Å². The van der Waals surface area contributed by atoms with E-state index in [0.717, 1.165) is 5.56 Å². The molecule has 0 radical (unpaired) electrons. The van der Waals surface area contributed by atoms with Gasteiger partial charge in [-0.2, -0.15) is 4.31 Å². The van der Waals surface area contributed by atoms with Crippen molar-refractivity contribution in [2.24, 2.45) is 0 Å². The highest BCUT2D eigenvalue weighted by Crippen LogP contribution is 2.23. The van der Waals surface area contributed by atoms with Crippen LogP contribution in [0, 0.1) is 0 Å². The first-order chi connectivity index (χ1) is 10.4. The first kappa shape index (κ1) is 16.5. The Kier molecular flexibility index (Phi) is 5.21. The van der Waals surface area contributed by atoms with Gasteiger partial charge in [-0.1, -0.05) is 30.3 Å². The Morgan fingerprint density at radius 2 is 1.59 bits per heavy atom. The third kappa shape index (κ3) is 3.67. The lowest BCUT2D eigenvalue weighted by Gasteiger charge is -2.26. The molecule has 4 nitrogen and oxygen atoms in total. The highest BCUT2D eigenvalue weighted by atomic mass is 32.2. The fourth-order valence-electron chi connectivity index (χ4n) is 2.19. The van der Waals surface area contributed by atoms with Gasteiger partial charge in [0.1, 0.15) is 5.75 Å². The maximum absolute atomic E-state index is 12.9. The van der Waals surface area contributed by atoms with Crippen molar-refractivity contribution >= 4 is 10.0 Å². The fraction of sp³-hybridized carbons (Fsp3) is 0.294. The highest BCUT2D eigenvalue weighted by molar-refractivity contribution is 7.89. The van der Waals surface area contributed by atoms with E-state index in [0.29, 0.717) is 12.3 Å². The topological polar surface area (TPSA) is 46.6 Å². The lowest BCUT2D eigenvalue weighted by Crippen LogP contribution is -2.36. The molecule has 0 N–H and O–H groups in total. The smallest absolute Gasteiger partial charge is 0.243 e. The van der Waals surface area contributed by atoms with Crippen LogP contribution < -0.4 is 4.74 Å². The minimum atomic E-state index is -3.55. The van der Waals surface area contributed by atoms with Gasteiger partial charge >= 0.3 is 0 Å². The summed E-state index contributed by atoms with van der Waals surface area (Å²) in [6.45, 7) is 4.11. The maximum atomic E-state index is 12.9. The van der Waals surface area contributed by atoms with Crippen LogP contribution in [0.15, 0.2) is 59.5 Å². The number of rotatable bonds is 6. The van der Waals surface area contributed by atoms with Gasteiger partial charge in [-0.05, 0) is 43.7 Å². The second kappa shape index (κ2) is 6.94. The third-order valence-corrected chi connectivity index (χ3v) is 5.46. The molecular formula is C17H21NO3S. The van der Waals surface area contributed by atoms with E-state index >= 15 is 0 Å². The maximum Gasteiger partial charge on any atom is 0.243 e. The standard InChI is InChI=1S/C17H21NO3S/c1-14(2)18(13-15-7-5-4-6-8-15)22(19,20)17-11-9-16(21-3)10-12-17/h4-12,14H,13H2,1-3H3. The average Bonchev–Trinajstić information content (AvgIpc) is 2.53. The van der Waals surface area contributed by atoms with Gasteiger partial charge in [-0.3, -0.25) is 0 Å². The molecule has 0 aliphatic carbocycles. The zero-order valence-electron chi connectivity index (χ0n) is 13.1. The summed E-state index contributed by atoms with van der Waals surface area (Å²) in [7, 11) is -1.99. The summed E-state index contributed by atoms with van der Waals surface area (Å²) in [6, 6.07) is 15.9. The van der Waals surface area contributed by atoms with Crippen LogP contribution in [0.25, 0.3) is 0 Å². The molecule has 0 heterocycles. The summed E-state index contributed by atoms with van der Waals surface area (Å²) in [5.74, 6) is 0.637. The van der Waals surface area contributed by atoms with Gasteiger partial charge in [0, 0.05) is 12.6 Å². The number of benzene rings is 2. The predicted molar refractivity (Wildman–Crippen MR) is 87.3 cm³/mol. The lowest BCUT2D eigenvalue weighted by atomic mass is 10.2. The Balaban J connectivity index is 2.33. The van der Waals surface area contributed by atoms with Gasteiger partial charge in [-0.25, -0.2) is 8.42 Å². The molecule has 0 saturated heterocycles. The molecule has 2 aromatic rings. The molecule has 0 unspecified atom stereocenters. The zero-order chi connectivity index (χ0) is 16.2. The van der Waals surface area contributed by atoms with Crippen LogP contribution in [0.3, 0.4) is 0 Å². The molecule has 22 heavy (non-hydrogen) atoms. The lowest BCUT2D eigenvalue weighted by molar-refractivity contribution is 0.348. The summed E-state index contributed by atoms with van der Waals surface area (Å²) >= 11 is 0. The molecule has 0 atom stereocenters. The number of sulfonamides is 1. The predicted octanol–water partition coefficient (Wildman–Crippen LogP) is 3.29. The second-order valence-electron chi connectivity index (χ2n) is 5.31. The van der Waals surface area contributed by atoms with Gasteiger partial charge in [0.25, 0.3) is 0 Å². The summed E-state index contributed by atoms with van der Waals surface area (Å²) < 4.78 is 32.3. The van der Waals surface area contributed by atoms with Gasteiger partial charge in [-0.15, -0.1) is 0 Å². The largest absolute Gasteiger partial charge is 0.497 e. The van der Waals surface area contributed by atoms with Crippen LogP contribution in [0.2, 0.25) is 0 Å². The third-order valence-electron chi connectivity index (χ3n) is 3.42. The molecule has 0 fully saturated rings. The fourth-order valence-corrected chi connectivity index (χ4v) is 3.82. The Morgan fingerprint density at radius 1 is 1.00 bits per heavy atom. The SMILES string of the molecule is COc1ccc(S(=O)(=O)N(Cc2ccccc2)C(C)C)cc1. The first-order valence-corrected chi connectivity index (χ1v) is 8.59. The first-order valence-electron chi connectivity index (χ1n) is 7.15. The molecule has 0 aliphatic rings. The quantitative estimate of drug-likeness (QED) is 0.821. The van der Waals surface area contributed by atoms with Crippen molar-refractivity contribution in [3.8, 4) is 5.75 Å². The van der Waals surface area contributed by atoms with E-state index in [4.69, 9.17) is 4.74 Å². The van der Waals surface area contributed by atoms with Crippen LogP contribution in [-0.2, 0) is 16.6 Å². The van der Waals surface area contributed by atoms with Crippen molar-refractivity contribution in [3.05, 3.63) is 60.2 Å². The number of ether oxygens (including phenoxy) is 1. The minimum absolute atomic E-state index is 0.132. The van der Waals surface area contributed by atoms with E-state index in [1.165, 1.54) is 4.31 Å². The van der Waals surface area contributed by atoms with Crippen LogP contribution >= 0.6 is 0 Å². The molecule has 2 aromatic carbocycles. The van der Waals surface area contributed by atoms with E-state index in [1.54, 1.807) is 31.4 Å². The van der Waals surface area contributed by atoms with Crippen molar-refractivity contribution in [3.63, 3.8) is 0 Å². The van der Waals surface area contributed by atoms with Gasteiger partial charge < -0.3 is 4.74 Å². The van der Waals surface area contributed by atoms with E-state index in [1.807, 2.05) is 44.2 Å². The second-order valence-corrected chi connectivity index (χ2v) is 7.20. The van der Waals surface area contributed by atoms with Crippen molar-refractivity contribution in [1.29, 1.82) is 0 Å². The summed E-state index contributed by atoms with van der Waals surface area (Å²) in [5.41, 5.74) is 0.966. The Bertz CT molecular complexity index is 694. The molecule has 118 valence electrons. The average molecular weight is 319 g/mol. The van der Waals surface area contributed by atoms with Gasteiger partial charge in [0.2, 0.25) is 10.0 Å². The molecular weight excluding hydrogens is 298 g/mol. The van der Waals surface area contributed by atoms with E-state index in [2.05, 4.69) is 0 Å². The van der Waals surface area contributed by atoms with Crippen molar-refractivity contribution in [1.82, 2.24) is 4.31 Å². The summed E-state index contributed by atoms with van der Waals surface area (Å²) in [4.78, 5) is 0.276. The molecule has 0 spiro atoms. The number of nitrogens with zero attached hydrogens (tertiary/aromatic N) is 1. The number of methoxy groups -OCH3 is 1.